The maximum Gasteiger partial charge on any atom is 0.422 e. The Kier molecular flexibility index (Phi) is 2.65. The van der Waals surface area contributed by atoms with Gasteiger partial charge in [-0.1, -0.05) is 12.1 Å². The van der Waals surface area contributed by atoms with Crippen LogP contribution in [0.5, 0.6) is 5.75 Å². The van der Waals surface area contributed by atoms with E-state index in [1.807, 2.05) is 0 Å². The van der Waals surface area contributed by atoms with Crippen LogP contribution in [0.1, 0.15) is 0 Å². The second-order valence-corrected chi connectivity index (χ2v) is 2.44. The predicted octanol–water partition coefficient (Wildman–Crippen LogP) is 2.21. The molecule has 2 N–H and O–H groups in total. The first-order valence-corrected chi connectivity index (χ1v) is 3.53. The van der Waals surface area contributed by atoms with Gasteiger partial charge in [-0.25, -0.2) is 0 Å². The smallest absolute Gasteiger partial charge is 0.422 e. The van der Waals surface area contributed by atoms with Crippen LogP contribution < -0.4 is 10.5 Å². The molecule has 72 valence electrons. The highest BCUT2D eigenvalue weighted by atomic mass is 19.4. The normalized spacial score (nSPS) is 11.3. The van der Waals surface area contributed by atoms with Crippen LogP contribution in [0.3, 0.4) is 0 Å². The lowest BCUT2D eigenvalue weighted by Gasteiger charge is -2.10. The number of hydrogen-bond acceptors (Lipinski definition) is 2. The Balaban J connectivity index is 2.60. The van der Waals surface area contributed by atoms with Crippen LogP contribution >= 0.6 is 0 Å². The number of nitrogen functional groups attached to an aromatic ring is 1. The zero-order valence-electron chi connectivity index (χ0n) is 6.64. The van der Waals surface area contributed by atoms with Crippen molar-refractivity contribution in [1.82, 2.24) is 0 Å². The van der Waals surface area contributed by atoms with Crippen molar-refractivity contribution in [2.45, 2.75) is 6.18 Å². The minimum atomic E-state index is -4.33. The molecule has 0 fully saturated rings. The largest absolute Gasteiger partial charge is 0.482 e. The third-order valence-corrected chi connectivity index (χ3v) is 1.31. The monoisotopic (exact) mass is 191 g/mol. The van der Waals surface area contributed by atoms with Crippen LogP contribution in [-0.2, 0) is 0 Å². The number of halogens is 3. The molecule has 0 amide bonds. The molecule has 0 saturated carbocycles. The molecule has 5 heteroatoms. The summed E-state index contributed by atoms with van der Waals surface area (Å²) in [5.74, 6) is 0.0554. The summed E-state index contributed by atoms with van der Waals surface area (Å²) in [6.07, 6.45) is -4.33. The summed E-state index contributed by atoms with van der Waals surface area (Å²) >= 11 is 0. The third-order valence-electron chi connectivity index (χ3n) is 1.31. The van der Waals surface area contributed by atoms with E-state index in [0.717, 1.165) is 0 Å². The first-order valence-electron chi connectivity index (χ1n) is 3.53. The quantitative estimate of drug-likeness (QED) is 0.727. The molecule has 0 radical (unpaired) electrons. The molecule has 0 aliphatic rings. The van der Waals surface area contributed by atoms with Crippen molar-refractivity contribution >= 4 is 5.69 Å². The molecule has 2 nitrogen and oxygen atoms in total. The molecule has 1 aromatic rings. The first-order chi connectivity index (χ1) is 5.99. The zero-order valence-corrected chi connectivity index (χ0v) is 6.64. The predicted molar refractivity (Wildman–Crippen MR) is 42.4 cm³/mol. The molecule has 0 unspecified atom stereocenters. The van der Waals surface area contributed by atoms with Crippen molar-refractivity contribution in [3.8, 4) is 5.75 Å². The van der Waals surface area contributed by atoms with Gasteiger partial charge in [0.25, 0.3) is 0 Å². The number of ether oxygens (including phenoxy) is 1. The number of nitrogens with two attached hydrogens (primary N) is 1. The number of hydrogen-bond donors (Lipinski definition) is 1. The van der Waals surface area contributed by atoms with Gasteiger partial charge in [0.2, 0.25) is 0 Å². The third kappa shape index (κ3) is 3.23. The molecule has 1 rings (SSSR count). The van der Waals surface area contributed by atoms with E-state index in [2.05, 4.69) is 4.74 Å². The Bertz CT molecular complexity index is 285. The number of rotatable bonds is 2. The zero-order chi connectivity index (χ0) is 9.90. The molecule has 0 heterocycles. The highest BCUT2D eigenvalue weighted by Gasteiger charge is 2.28. The second-order valence-electron chi connectivity index (χ2n) is 2.44. The van der Waals surface area contributed by atoms with E-state index in [1.165, 1.54) is 12.1 Å². The fourth-order valence-electron chi connectivity index (χ4n) is 0.772. The van der Waals surface area contributed by atoms with E-state index in [4.69, 9.17) is 5.73 Å². The molecule has 1 aromatic carbocycles. The summed E-state index contributed by atoms with van der Waals surface area (Å²) in [7, 11) is 0. The summed E-state index contributed by atoms with van der Waals surface area (Å²) in [4.78, 5) is 0. The van der Waals surface area contributed by atoms with Gasteiger partial charge in [-0.15, -0.1) is 0 Å². The second kappa shape index (κ2) is 3.55. The van der Waals surface area contributed by atoms with E-state index in [1.54, 1.807) is 12.1 Å². The van der Waals surface area contributed by atoms with E-state index in [-0.39, 0.29) is 11.4 Å². The van der Waals surface area contributed by atoms with Crippen LogP contribution in [0.2, 0.25) is 0 Å². The lowest BCUT2D eigenvalue weighted by atomic mass is 10.3. The fraction of sp³-hybridized carbons (Fsp3) is 0.250. The minimum Gasteiger partial charge on any atom is -0.482 e. The molecule has 0 aliphatic heterocycles. The minimum absolute atomic E-state index is 0.0554. The molecular weight excluding hydrogens is 183 g/mol. The highest BCUT2D eigenvalue weighted by Crippen LogP contribution is 2.23. The van der Waals surface area contributed by atoms with Crippen molar-refractivity contribution in [2.75, 3.05) is 12.3 Å². The Morgan fingerprint density at radius 2 is 1.85 bits per heavy atom. The van der Waals surface area contributed by atoms with Crippen LogP contribution in [0, 0.1) is 0 Å². The van der Waals surface area contributed by atoms with Crippen molar-refractivity contribution in [3.05, 3.63) is 24.3 Å². The number of benzene rings is 1. The van der Waals surface area contributed by atoms with Gasteiger partial charge in [-0.05, 0) is 12.1 Å². The Morgan fingerprint density at radius 1 is 1.23 bits per heavy atom. The summed E-state index contributed by atoms with van der Waals surface area (Å²) in [6.45, 7) is -1.32. The SMILES string of the molecule is Nc1ccccc1OCC(F)(F)F. The Hall–Kier alpha value is -1.39. The lowest BCUT2D eigenvalue weighted by Crippen LogP contribution is -2.19. The molecule has 0 atom stereocenters. The molecular formula is C8H8F3NO. The highest BCUT2D eigenvalue weighted by molar-refractivity contribution is 5.51. The van der Waals surface area contributed by atoms with Crippen molar-refractivity contribution < 1.29 is 17.9 Å². The Labute approximate surface area is 73.1 Å². The maximum atomic E-state index is 11.7. The van der Waals surface area contributed by atoms with Gasteiger partial charge in [0.1, 0.15) is 5.75 Å². The summed E-state index contributed by atoms with van der Waals surface area (Å²) in [5, 5.41) is 0. The van der Waals surface area contributed by atoms with E-state index in [9.17, 15) is 13.2 Å². The van der Waals surface area contributed by atoms with Crippen molar-refractivity contribution in [2.24, 2.45) is 0 Å². The van der Waals surface area contributed by atoms with Crippen LogP contribution in [0.15, 0.2) is 24.3 Å². The number of anilines is 1. The van der Waals surface area contributed by atoms with Gasteiger partial charge in [0.15, 0.2) is 6.61 Å². The molecule has 0 aliphatic carbocycles. The van der Waals surface area contributed by atoms with Gasteiger partial charge in [-0.2, -0.15) is 13.2 Å². The molecule has 0 bridgehead atoms. The molecule has 0 spiro atoms. The van der Waals surface area contributed by atoms with Crippen LogP contribution in [-0.4, -0.2) is 12.8 Å². The van der Waals surface area contributed by atoms with Crippen molar-refractivity contribution in [1.29, 1.82) is 0 Å². The van der Waals surface area contributed by atoms with Gasteiger partial charge in [0, 0.05) is 0 Å². The fourth-order valence-corrected chi connectivity index (χ4v) is 0.772. The van der Waals surface area contributed by atoms with Crippen molar-refractivity contribution in [3.63, 3.8) is 0 Å². The van der Waals surface area contributed by atoms with Gasteiger partial charge in [0.05, 0.1) is 5.69 Å². The number of alkyl halides is 3. The van der Waals surface area contributed by atoms with E-state index < -0.39 is 12.8 Å². The molecule has 0 aromatic heterocycles. The average Bonchev–Trinajstić information content (AvgIpc) is 2.01. The summed E-state index contributed by atoms with van der Waals surface area (Å²) in [5.41, 5.74) is 5.56. The first kappa shape index (κ1) is 9.70. The topological polar surface area (TPSA) is 35.2 Å². The summed E-state index contributed by atoms with van der Waals surface area (Å²) in [6, 6.07) is 6.05. The van der Waals surface area contributed by atoms with Crippen LogP contribution in [0.25, 0.3) is 0 Å². The maximum absolute atomic E-state index is 11.7. The van der Waals surface area contributed by atoms with Gasteiger partial charge in [-0.3, -0.25) is 0 Å². The summed E-state index contributed by atoms with van der Waals surface area (Å²) < 4.78 is 39.6. The van der Waals surface area contributed by atoms with Gasteiger partial charge >= 0.3 is 6.18 Å². The molecule has 13 heavy (non-hydrogen) atoms. The standard InChI is InChI=1S/C8H8F3NO/c9-8(10,11)5-13-7-4-2-1-3-6(7)12/h1-4H,5,12H2. The Morgan fingerprint density at radius 3 is 2.38 bits per heavy atom. The van der Waals surface area contributed by atoms with E-state index in [0.29, 0.717) is 0 Å². The van der Waals surface area contributed by atoms with Gasteiger partial charge < -0.3 is 10.5 Å². The molecule has 0 saturated heterocycles. The van der Waals surface area contributed by atoms with Crippen LogP contribution in [0.4, 0.5) is 18.9 Å². The average molecular weight is 191 g/mol. The number of para-hydroxylation sites is 2. The lowest BCUT2D eigenvalue weighted by molar-refractivity contribution is -0.153. The van der Waals surface area contributed by atoms with E-state index >= 15 is 0 Å².